The molecule has 0 saturated carbocycles. The van der Waals surface area contributed by atoms with Crippen molar-refractivity contribution in [1.82, 2.24) is 19.7 Å². The largest absolute Gasteiger partial charge is 1.00 e. The molecule has 2 amide bonds. The number of aryl methyl sites for hydroxylation is 1. The normalized spacial score (nSPS) is 13.1. The maximum atomic E-state index is 12.6. The van der Waals surface area contributed by atoms with Crippen LogP contribution in [0.1, 0.15) is 11.3 Å². The molecule has 1 aliphatic heterocycles. The van der Waals surface area contributed by atoms with Gasteiger partial charge in [-0.1, -0.05) is 0 Å². The molecule has 0 fully saturated rings. The fraction of sp³-hybridized carbons (Fsp3) is 0.267. The first-order chi connectivity index (χ1) is 13.4. The molecule has 14 heteroatoms. The van der Waals surface area contributed by atoms with Gasteiger partial charge in [-0.05, 0) is 24.2 Å². The van der Waals surface area contributed by atoms with Crippen LogP contribution in [0.5, 0.6) is 5.88 Å². The van der Waals surface area contributed by atoms with Gasteiger partial charge in [-0.25, -0.2) is 19.5 Å². The first kappa shape index (κ1) is 22.8. The van der Waals surface area contributed by atoms with E-state index in [0.717, 1.165) is 0 Å². The number of urea groups is 1. The molecule has 2 aromatic rings. The number of ether oxygens (including phenoxy) is 2. The quantitative estimate of drug-likeness (QED) is 0.486. The van der Waals surface area contributed by atoms with E-state index in [4.69, 9.17) is 14.3 Å². The van der Waals surface area contributed by atoms with Crippen LogP contribution < -0.4 is 44.3 Å². The number of rotatable bonds is 5. The van der Waals surface area contributed by atoms with E-state index in [2.05, 4.69) is 25.4 Å². The summed E-state index contributed by atoms with van der Waals surface area (Å²) in [7, 11) is -2.96. The molecule has 0 atom stereocenters. The zero-order valence-electron chi connectivity index (χ0n) is 15.9. The van der Waals surface area contributed by atoms with E-state index >= 15 is 0 Å². The summed E-state index contributed by atoms with van der Waals surface area (Å²) in [6.07, 6.45) is 1.26. The monoisotopic (exact) mass is 431 g/mol. The molecule has 0 aliphatic carbocycles. The average molecular weight is 431 g/mol. The number of nitrogens with zero attached hydrogens (tertiary/aromatic N) is 4. The molecule has 0 aromatic carbocycles. The Balaban J connectivity index is 0.00000300. The third-order valence-electron chi connectivity index (χ3n) is 3.31. The van der Waals surface area contributed by atoms with E-state index in [1.54, 1.807) is 13.0 Å². The molecule has 0 spiro atoms. The number of pyridine rings is 1. The van der Waals surface area contributed by atoms with Gasteiger partial charge in [-0.3, -0.25) is 5.32 Å². The summed E-state index contributed by atoms with van der Waals surface area (Å²) in [5.41, 5.74) is 0.570. The van der Waals surface area contributed by atoms with E-state index in [-0.39, 0.29) is 66.1 Å². The van der Waals surface area contributed by atoms with Crippen LogP contribution in [0.2, 0.25) is 0 Å². The molecule has 1 aliphatic rings. The number of carbonyl (C=O) groups is 1. The minimum Gasteiger partial charge on any atom is -0.481 e. The standard InChI is InChI=1S/C15H16N6O6S.Na/c1-9-8-11(25-2)18-14(17-9)19-15(22)21-28(23,24)13-10(4-3-5-16-13)12-20-27-7-6-26-12;/h3-5,8H,6-7H2,1-2H3,(H2,17,18,19,21,22);/q;+1. The van der Waals surface area contributed by atoms with Gasteiger partial charge >= 0.3 is 35.6 Å². The maximum absolute atomic E-state index is 12.6. The van der Waals surface area contributed by atoms with Crippen molar-refractivity contribution in [3.63, 3.8) is 0 Å². The van der Waals surface area contributed by atoms with Crippen molar-refractivity contribution in [2.45, 2.75) is 11.9 Å². The van der Waals surface area contributed by atoms with E-state index in [1.165, 1.54) is 25.4 Å². The zero-order valence-corrected chi connectivity index (χ0v) is 18.7. The van der Waals surface area contributed by atoms with Gasteiger partial charge in [0, 0.05) is 18.0 Å². The Morgan fingerprint density at radius 1 is 1.28 bits per heavy atom. The fourth-order valence-corrected chi connectivity index (χ4v) is 3.23. The predicted molar refractivity (Wildman–Crippen MR) is 95.3 cm³/mol. The van der Waals surface area contributed by atoms with Crippen molar-refractivity contribution >= 4 is 27.9 Å². The summed E-state index contributed by atoms with van der Waals surface area (Å²) >= 11 is 0. The van der Waals surface area contributed by atoms with Crippen molar-refractivity contribution < 1.29 is 57.1 Å². The average Bonchev–Trinajstić information content (AvgIpc) is 2.67. The molecule has 0 bridgehead atoms. The Kier molecular flexibility index (Phi) is 7.73. The zero-order chi connectivity index (χ0) is 20.1. The minimum absolute atomic E-state index is 0. The van der Waals surface area contributed by atoms with Crippen molar-refractivity contribution in [2.24, 2.45) is 5.16 Å². The Morgan fingerprint density at radius 3 is 2.76 bits per heavy atom. The Labute approximate surface area is 188 Å². The van der Waals surface area contributed by atoms with Crippen molar-refractivity contribution in [2.75, 3.05) is 25.6 Å². The number of sulfonamides is 1. The second-order valence-electron chi connectivity index (χ2n) is 5.37. The summed E-state index contributed by atoms with van der Waals surface area (Å²) < 4.78 is 37.4. The van der Waals surface area contributed by atoms with Gasteiger partial charge in [-0.15, -0.1) is 0 Å². The Morgan fingerprint density at radius 2 is 2.07 bits per heavy atom. The molecule has 148 valence electrons. The molecular weight excluding hydrogens is 415 g/mol. The number of oxime groups is 1. The molecule has 0 saturated heterocycles. The van der Waals surface area contributed by atoms with E-state index in [0.29, 0.717) is 5.69 Å². The molecule has 0 unspecified atom stereocenters. The van der Waals surface area contributed by atoms with Gasteiger partial charge < -0.3 is 14.3 Å². The molecule has 2 aromatic heterocycles. The first-order valence-corrected chi connectivity index (χ1v) is 9.39. The van der Waals surface area contributed by atoms with Crippen LogP contribution in [0.15, 0.2) is 34.6 Å². The number of carbonyl (C=O) groups excluding carboxylic acids is 1. The van der Waals surface area contributed by atoms with Crippen molar-refractivity contribution in [1.29, 1.82) is 0 Å². The van der Waals surface area contributed by atoms with Crippen LogP contribution in [-0.4, -0.2) is 55.6 Å². The molecule has 12 nitrogen and oxygen atoms in total. The summed E-state index contributed by atoms with van der Waals surface area (Å²) in [6, 6.07) is 3.41. The SMILES string of the molecule is COc1cc(C)nc(NC(=O)NS(=O)(=O)c2ncccc2C2=NOCCO2)n1.[Na+]. The van der Waals surface area contributed by atoms with Gasteiger partial charge in [0.25, 0.3) is 15.9 Å². The van der Waals surface area contributed by atoms with Crippen LogP contribution in [0.3, 0.4) is 0 Å². The second-order valence-corrected chi connectivity index (χ2v) is 6.97. The smallest absolute Gasteiger partial charge is 0.481 e. The number of hydrogen-bond donors (Lipinski definition) is 2. The summed E-state index contributed by atoms with van der Waals surface area (Å²) in [5.74, 6) is 0.0381. The second kappa shape index (κ2) is 9.82. The van der Waals surface area contributed by atoms with Crippen LogP contribution in [-0.2, 0) is 19.6 Å². The molecule has 3 rings (SSSR count). The molecule has 29 heavy (non-hydrogen) atoms. The third-order valence-corrected chi connectivity index (χ3v) is 4.60. The number of nitrogens with one attached hydrogen (secondary N) is 2. The van der Waals surface area contributed by atoms with Gasteiger partial charge in [-0.2, -0.15) is 13.4 Å². The molecule has 3 heterocycles. The minimum atomic E-state index is -4.36. The topological polar surface area (TPSA) is 154 Å². The number of hydrogen-bond acceptors (Lipinski definition) is 10. The van der Waals surface area contributed by atoms with E-state index in [1.807, 2.05) is 4.72 Å². The fourth-order valence-electron chi connectivity index (χ4n) is 2.20. The van der Waals surface area contributed by atoms with Gasteiger partial charge in [0.05, 0.1) is 12.7 Å². The number of anilines is 1. The van der Waals surface area contributed by atoms with Gasteiger partial charge in [0.15, 0.2) is 11.6 Å². The predicted octanol–water partition coefficient (Wildman–Crippen LogP) is -2.59. The number of methoxy groups -OCH3 is 1. The first-order valence-electron chi connectivity index (χ1n) is 7.90. The van der Waals surface area contributed by atoms with E-state index < -0.39 is 21.1 Å². The summed E-state index contributed by atoms with van der Waals surface area (Å²) in [6.45, 7) is 2.11. The summed E-state index contributed by atoms with van der Waals surface area (Å²) in [5, 5.41) is 5.47. The van der Waals surface area contributed by atoms with Crippen LogP contribution in [0.25, 0.3) is 0 Å². The summed E-state index contributed by atoms with van der Waals surface area (Å²) in [4.78, 5) is 28.8. The Bertz CT molecular complexity index is 1030. The van der Waals surface area contributed by atoms with Crippen LogP contribution in [0.4, 0.5) is 10.7 Å². The number of aromatic nitrogens is 3. The van der Waals surface area contributed by atoms with E-state index in [9.17, 15) is 13.2 Å². The van der Waals surface area contributed by atoms with Crippen molar-refractivity contribution in [3.8, 4) is 5.88 Å². The van der Waals surface area contributed by atoms with Crippen molar-refractivity contribution in [3.05, 3.63) is 35.7 Å². The molecule has 0 radical (unpaired) electrons. The van der Waals surface area contributed by atoms with Crippen LogP contribution >= 0.6 is 0 Å². The third kappa shape index (κ3) is 5.76. The van der Waals surface area contributed by atoms with Gasteiger partial charge in [0.1, 0.15) is 6.61 Å². The number of amides is 2. The maximum Gasteiger partial charge on any atom is 1.00 e. The molecule has 2 N–H and O–H groups in total. The van der Waals surface area contributed by atoms with Crippen LogP contribution in [0, 0.1) is 6.92 Å². The molecular formula is C15H16N6NaO6S+. The van der Waals surface area contributed by atoms with Gasteiger partial charge in [0.2, 0.25) is 11.8 Å². The Hall–Kier alpha value is -2.48.